The molecular formula is C17H20N2O. The van der Waals surface area contributed by atoms with Crippen molar-refractivity contribution < 1.29 is 4.74 Å². The minimum absolute atomic E-state index is 0.130. The number of nitrogens with one attached hydrogen (secondary N) is 1. The molecule has 20 heavy (non-hydrogen) atoms. The molecule has 1 aliphatic rings. The van der Waals surface area contributed by atoms with Gasteiger partial charge in [0.2, 0.25) is 0 Å². The smallest absolute Gasteiger partial charge is 0.0713 e. The Morgan fingerprint density at radius 1 is 1.15 bits per heavy atom. The maximum Gasteiger partial charge on any atom is 0.0713 e. The lowest BCUT2D eigenvalue weighted by molar-refractivity contribution is 0.185. The van der Waals surface area contributed by atoms with Crippen molar-refractivity contribution in [2.24, 2.45) is 5.73 Å². The molecule has 0 spiro atoms. The first kappa shape index (κ1) is 13.2. The van der Waals surface area contributed by atoms with Gasteiger partial charge in [0.25, 0.3) is 0 Å². The van der Waals surface area contributed by atoms with Gasteiger partial charge < -0.3 is 15.8 Å². The fourth-order valence-electron chi connectivity index (χ4n) is 2.93. The molecular weight excluding hydrogens is 248 g/mol. The van der Waals surface area contributed by atoms with Crippen molar-refractivity contribution in [3.63, 3.8) is 0 Å². The van der Waals surface area contributed by atoms with Crippen LogP contribution < -0.4 is 11.1 Å². The Morgan fingerprint density at radius 2 is 1.95 bits per heavy atom. The second-order valence-corrected chi connectivity index (χ2v) is 5.30. The van der Waals surface area contributed by atoms with Crippen LogP contribution in [0.25, 0.3) is 0 Å². The minimum atomic E-state index is 0.130. The third-order valence-electron chi connectivity index (χ3n) is 3.84. The topological polar surface area (TPSA) is 47.3 Å². The van der Waals surface area contributed by atoms with Crippen molar-refractivity contribution in [1.82, 2.24) is 0 Å². The van der Waals surface area contributed by atoms with Gasteiger partial charge in [-0.2, -0.15) is 0 Å². The van der Waals surface area contributed by atoms with Gasteiger partial charge in [-0.15, -0.1) is 0 Å². The molecule has 0 bridgehead atoms. The molecule has 0 amide bonds. The number of rotatable bonds is 4. The van der Waals surface area contributed by atoms with Crippen LogP contribution >= 0.6 is 0 Å². The van der Waals surface area contributed by atoms with Gasteiger partial charge in [0.15, 0.2) is 0 Å². The molecule has 0 radical (unpaired) electrons. The Morgan fingerprint density at radius 3 is 2.75 bits per heavy atom. The number of ether oxygens (including phenoxy) is 1. The van der Waals surface area contributed by atoms with Crippen LogP contribution in [0.4, 0.5) is 5.69 Å². The average Bonchev–Trinajstić information content (AvgIpc) is 2.77. The van der Waals surface area contributed by atoms with Crippen LogP contribution in [0.5, 0.6) is 0 Å². The number of nitrogens with two attached hydrogens (primary N) is 1. The van der Waals surface area contributed by atoms with Crippen molar-refractivity contribution in [3.05, 3.63) is 65.2 Å². The van der Waals surface area contributed by atoms with E-state index in [0.717, 1.165) is 12.1 Å². The maximum atomic E-state index is 6.21. The normalized spacial score (nSPS) is 20.7. The molecule has 3 rings (SSSR count). The van der Waals surface area contributed by atoms with Crippen LogP contribution in [-0.2, 0) is 11.3 Å². The van der Waals surface area contributed by atoms with E-state index in [-0.39, 0.29) is 6.04 Å². The molecule has 0 aromatic heterocycles. The highest BCUT2D eigenvalue weighted by molar-refractivity contribution is 5.50. The first-order valence-corrected chi connectivity index (χ1v) is 6.97. The van der Waals surface area contributed by atoms with E-state index < -0.39 is 0 Å². The Balaban J connectivity index is 1.81. The summed E-state index contributed by atoms with van der Waals surface area (Å²) in [5, 5.41) is 3.59. The van der Waals surface area contributed by atoms with E-state index in [1.54, 1.807) is 7.11 Å². The summed E-state index contributed by atoms with van der Waals surface area (Å²) in [6, 6.07) is 17.2. The minimum Gasteiger partial charge on any atom is -0.380 e. The molecule has 104 valence electrons. The first-order chi connectivity index (χ1) is 9.78. The van der Waals surface area contributed by atoms with Crippen molar-refractivity contribution in [3.8, 4) is 0 Å². The summed E-state index contributed by atoms with van der Waals surface area (Å²) in [4.78, 5) is 0. The molecule has 0 fully saturated rings. The van der Waals surface area contributed by atoms with Crippen LogP contribution in [0.2, 0.25) is 0 Å². The highest BCUT2D eigenvalue weighted by Gasteiger charge is 2.27. The maximum absolute atomic E-state index is 6.21. The summed E-state index contributed by atoms with van der Waals surface area (Å²) in [5.74, 6) is 0. The fourth-order valence-corrected chi connectivity index (χ4v) is 2.93. The van der Waals surface area contributed by atoms with E-state index in [2.05, 4.69) is 53.8 Å². The predicted octanol–water partition coefficient (Wildman–Crippen LogP) is 3.39. The van der Waals surface area contributed by atoms with Crippen LogP contribution in [0.15, 0.2) is 48.5 Å². The second kappa shape index (κ2) is 5.65. The Labute approximate surface area is 119 Å². The molecule has 0 saturated carbocycles. The quantitative estimate of drug-likeness (QED) is 0.893. The molecule has 2 atom stereocenters. The van der Waals surface area contributed by atoms with Gasteiger partial charge in [0.1, 0.15) is 0 Å². The Hall–Kier alpha value is -1.84. The summed E-state index contributed by atoms with van der Waals surface area (Å²) in [6.45, 7) is 0.635. The zero-order chi connectivity index (χ0) is 13.9. The van der Waals surface area contributed by atoms with Crippen LogP contribution in [-0.4, -0.2) is 7.11 Å². The zero-order valence-electron chi connectivity index (χ0n) is 11.7. The fraction of sp³-hybridized carbons (Fsp3) is 0.294. The van der Waals surface area contributed by atoms with Crippen LogP contribution in [0.3, 0.4) is 0 Å². The standard InChI is InChI=1S/C17H20N2O/c1-20-11-12-5-4-6-13(9-12)19-17-10-16(18)14-7-2-3-8-15(14)17/h2-9,16-17,19H,10-11,18H2,1H3. The SMILES string of the molecule is COCc1cccc(NC2CC(N)c3ccccc32)c1. The van der Waals surface area contributed by atoms with Gasteiger partial charge in [0.05, 0.1) is 12.6 Å². The lowest BCUT2D eigenvalue weighted by Gasteiger charge is -2.16. The van der Waals surface area contributed by atoms with E-state index in [1.165, 1.54) is 16.7 Å². The predicted molar refractivity (Wildman–Crippen MR) is 81.5 cm³/mol. The monoisotopic (exact) mass is 268 g/mol. The highest BCUT2D eigenvalue weighted by Crippen LogP contribution is 2.39. The highest BCUT2D eigenvalue weighted by atomic mass is 16.5. The summed E-state index contributed by atoms with van der Waals surface area (Å²) in [6.07, 6.45) is 0.938. The van der Waals surface area contributed by atoms with E-state index in [9.17, 15) is 0 Å². The Kier molecular flexibility index (Phi) is 3.72. The first-order valence-electron chi connectivity index (χ1n) is 6.97. The van der Waals surface area contributed by atoms with Gasteiger partial charge in [-0.3, -0.25) is 0 Å². The van der Waals surface area contributed by atoms with Crippen molar-refractivity contribution in [2.45, 2.75) is 25.1 Å². The second-order valence-electron chi connectivity index (χ2n) is 5.30. The number of benzene rings is 2. The van der Waals surface area contributed by atoms with Gasteiger partial charge in [0, 0.05) is 18.8 Å². The average molecular weight is 268 g/mol. The Bertz CT molecular complexity index is 597. The van der Waals surface area contributed by atoms with Crippen LogP contribution in [0.1, 0.15) is 35.2 Å². The molecule has 3 N–H and O–H groups in total. The number of methoxy groups -OCH3 is 1. The summed E-state index contributed by atoms with van der Waals surface area (Å²) < 4.78 is 5.18. The van der Waals surface area contributed by atoms with E-state index in [1.807, 2.05) is 0 Å². The van der Waals surface area contributed by atoms with Crippen molar-refractivity contribution in [1.29, 1.82) is 0 Å². The summed E-state index contributed by atoms with van der Waals surface area (Å²) >= 11 is 0. The molecule has 2 aromatic rings. The molecule has 2 unspecified atom stereocenters. The number of anilines is 1. The van der Waals surface area contributed by atoms with E-state index >= 15 is 0 Å². The number of hydrogen-bond acceptors (Lipinski definition) is 3. The zero-order valence-corrected chi connectivity index (χ0v) is 11.7. The van der Waals surface area contributed by atoms with Crippen molar-refractivity contribution >= 4 is 5.69 Å². The van der Waals surface area contributed by atoms with Gasteiger partial charge >= 0.3 is 0 Å². The summed E-state index contributed by atoms with van der Waals surface area (Å²) in [7, 11) is 1.71. The van der Waals surface area contributed by atoms with Crippen molar-refractivity contribution in [2.75, 3.05) is 12.4 Å². The molecule has 0 saturated heterocycles. The van der Waals surface area contributed by atoms with Gasteiger partial charge in [-0.1, -0.05) is 36.4 Å². The largest absolute Gasteiger partial charge is 0.380 e. The molecule has 3 heteroatoms. The lowest BCUT2D eigenvalue weighted by atomic mass is 10.1. The lowest BCUT2D eigenvalue weighted by Crippen LogP contribution is -2.10. The molecule has 2 aromatic carbocycles. The summed E-state index contributed by atoms with van der Waals surface area (Å²) in [5.41, 5.74) is 11.1. The molecule has 3 nitrogen and oxygen atoms in total. The van der Waals surface area contributed by atoms with E-state index in [4.69, 9.17) is 10.5 Å². The molecule has 0 aliphatic heterocycles. The number of hydrogen-bond donors (Lipinski definition) is 2. The third kappa shape index (κ3) is 2.55. The van der Waals surface area contributed by atoms with Gasteiger partial charge in [-0.25, -0.2) is 0 Å². The van der Waals surface area contributed by atoms with E-state index in [0.29, 0.717) is 12.6 Å². The third-order valence-corrected chi connectivity index (χ3v) is 3.84. The molecule has 0 heterocycles. The van der Waals surface area contributed by atoms with Gasteiger partial charge in [-0.05, 0) is 35.2 Å². The molecule has 1 aliphatic carbocycles. The number of fused-ring (bicyclic) bond motifs is 1. The van der Waals surface area contributed by atoms with Crippen LogP contribution in [0, 0.1) is 0 Å².